The molecule has 1 unspecified atom stereocenters. The van der Waals surface area contributed by atoms with Crippen molar-refractivity contribution in [1.29, 1.82) is 0 Å². The fraction of sp³-hybridized carbons (Fsp3) is 0.556. The SMILES string of the molecule is CC(C)(C)OC(=O)NC1CC2(CCN(C(=O)c3c4c(n[nH]c3=O)CCCC4)CC2)Oc2ccccc21. The van der Waals surface area contributed by atoms with Gasteiger partial charge in [0.1, 0.15) is 22.5 Å². The molecule has 9 nitrogen and oxygen atoms in total. The van der Waals surface area contributed by atoms with Crippen LogP contribution in [0, 0.1) is 0 Å². The van der Waals surface area contributed by atoms with Crippen LogP contribution in [0.1, 0.15) is 86.1 Å². The molecule has 36 heavy (non-hydrogen) atoms. The molecule has 1 aromatic carbocycles. The van der Waals surface area contributed by atoms with Crippen molar-refractivity contribution >= 4 is 12.0 Å². The predicted molar refractivity (Wildman–Crippen MR) is 133 cm³/mol. The Bertz CT molecular complexity index is 1220. The van der Waals surface area contributed by atoms with E-state index in [0.29, 0.717) is 38.8 Å². The van der Waals surface area contributed by atoms with Crippen molar-refractivity contribution in [2.45, 2.75) is 83.0 Å². The maximum atomic E-state index is 13.5. The minimum Gasteiger partial charge on any atom is -0.487 e. The van der Waals surface area contributed by atoms with Crippen LogP contribution in [-0.4, -0.2) is 51.4 Å². The van der Waals surface area contributed by atoms with Crippen LogP contribution in [0.4, 0.5) is 4.79 Å². The van der Waals surface area contributed by atoms with Crippen molar-refractivity contribution in [3.63, 3.8) is 0 Å². The van der Waals surface area contributed by atoms with E-state index in [0.717, 1.165) is 41.8 Å². The minimum atomic E-state index is -0.595. The molecule has 1 aliphatic carbocycles. The third kappa shape index (κ3) is 4.83. The second-order valence-electron chi connectivity index (χ2n) is 11.1. The molecule has 2 aromatic rings. The van der Waals surface area contributed by atoms with Gasteiger partial charge < -0.3 is 19.7 Å². The number of fused-ring (bicyclic) bond motifs is 2. The largest absolute Gasteiger partial charge is 0.487 e. The van der Waals surface area contributed by atoms with Gasteiger partial charge in [0, 0.05) is 37.9 Å². The van der Waals surface area contributed by atoms with Crippen LogP contribution in [0.5, 0.6) is 5.75 Å². The van der Waals surface area contributed by atoms with E-state index in [9.17, 15) is 14.4 Å². The van der Waals surface area contributed by atoms with Gasteiger partial charge in [0.25, 0.3) is 11.5 Å². The second-order valence-corrected chi connectivity index (χ2v) is 11.1. The summed E-state index contributed by atoms with van der Waals surface area (Å²) in [7, 11) is 0. The molecule has 3 aliphatic rings. The standard InChI is InChI=1S/C27H34N4O5/c1-26(2,3)36-25(34)28-20-16-27(35-21-11-7-5-8-17(20)21)12-14-31(15-13-27)24(33)22-18-9-4-6-10-19(18)29-30-23(22)32/h5,7-8,11,20H,4,6,9-10,12-16H2,1-3H3,(H,28,34)(H,30,32). The van der Waals surface area contributed by atoms with Gasteiger partial charge in [-0.2, -0.15) is 5.10 Å². The molecule has 192 valence electrons. The summed E-state index contributed by atoms with van der Waals surface area (Å²) in [6.07, 6.45) is 4.79. The van der Waals surface area contributed by atoms with E-state index in [1.54, 1.807) is 4.90 Å². The number of likely N-dealkylation sites (tertiary alicyclic amines) is 1. The molecular formula is C27H34N4O5. The zero-order chi connectivity index (χ0) is 25.5. The molecule has 0 bridgehead atoms. The molecular weight excluding hydrogens is 460 g/mol. The summed E-state index contributed by atoms with van der Waals surface area (Å²) in [4.78, 5) is 40.4. The van der Waals surface area contributed by atoms with Crippen molar-refractivity contribution in [3.05, 3.63) is 57.0 Å². The van der Waals surface area contributed by atoms with E-state index in [2.05, 4.69) is 15.5 Å². The van der Waals surface area contributed by atoms with E-state index in [1.165, 1.54) is 0 Å². The average molecular weight is 495 g/mol. The van der Waals surface area contributed by atoms with Crippen LogP contribution in [0.25, 0.3) is 0 Å². The Balaban J connectivity index is 1.33. The lowest BCUT2D eigenvalue weighted by atomic mass is 9.80. The van der Waals surface area contributed by atoms with Crippen LogP contribution in [0.2, 0.25) is 0 Å². The van der Waals surface area contributed by atoms with E-state index in [4.69, 9.17) is 9.47 Å². The smallest absolute Gasteiger partial charge is 0.408 e. The fourth-order valence-corrected chi connectivity index (χ4v) is 5.60. The summed E-state index contributed by atoms with van der Waals surface area (Å²) in [5.74, 6) is 0.510. The summed E-state index contributed by atoms with van der Waals surface area (Å²) in [6.45, 7) is 6.45. The van der Waals surface area contributed by atoms with Crippen molar-refractivity contribution in [2.75, 3.05) is 13.1 Å². The number of carbonyl (C=O) groups is 2. The van der Waals surface area contributed by atoms with Crippen LogP contribution in [-0.2, 0) is 17.6 Å². The van der Waals surface area contributed by atoms with Crippen molar-refractivity contribution in [1.82, 2.24) is 20.4 Å². The predicted octanol–water partition coefficient (Wildman–Crippen LogP) is 3.67. The summed E-state index contributed by atoms with van der Waals surface area (Å²) >= 11 is 0. The lowest BCUT2D eigenvalue weighted by Gasteiger charge is -2.47. The van der Waals surface area contributed by atoms with E-state index < -0.39 is 22.9 Å². The quantitative estimate of drug-likeness (QED) is 0.659. The number of aromatic amines is 1. The van der Waals surface area contributed by atoms with Gasteiger partial charge in [-0.15, -0.1) is 0 Å². The van der Waals surface area contributed by atoms with Crippen LogP contribution in [0.3, 0.4) is 0 Å². The van der Waals surface area contributed by atoms with Crippen LogP contribution < -0.4 is 15.6 Å². The molecule has 1 atom stereocenters. The Labute approximate surface area is 210 Å². The number of nitrogens with zero attached hydrogens (tertiary/aromatic N) is 2. The van der Waals surface area contributed by atoms with E-state index in [-0.39, 0.29) is 17.5 Å². The Morgan fingerprint density at radius 1 is 1.17 bits per heavy atom. The van der Waals surface area contributed by atoms with Gasteiger partial charge >= 0.3 is 6.09 Å². The topological polar surface area (TPSA) is 114 Å². The average Bonchev–Trinajstić information content (AvgIpc) is 2.83. The van der Waals surface area contributed by atoms with Crippen molar-refractivity contribution in [2.24, 2.45) is 0 Å². The molecule has 2 N–H and O–H groups in total. The molecule has 1 fully saturated rings. The molecule has 1 aromatic heterocycles. The normalized spacial score (nSPS) is 20.6. The molecule has 2 amide bonds. The number of hydrogen-bond donors (Lipinski definition) is 2. The van der Waals surface area contributed by atoms with Gasteiger partial charge in [0.05, 0.1) is 11.7 Å². The Kier molecular flexibility index (Phi) is 6.26. The number of carbonyl (C=O) groups excluding carboxylic acids is 2. The minimum absolute atomic E-state index is 0.230. The number of hydrogen-bond acceptors (Lipinski definition) is 6. The molecule has 0 radical (unpaired) electrons. The number of H-pyrrole nitrogens is 1. The van der Waals surface area contributed by atoms with E-state index >= 15 is 0 Å². The summed E-state index contributed by atoms with van der Waals surface area (Å²) in [5.41, 5.74) is 1.28. The van der Waals surface area contributed by atoms with Gasteiger partial charge in [-0.1, -0.05) is 18.2 Å². The summed E-state index contributed by atoms with van der Waals surface area (Å²) < 4.78 is 12.0. The zero-order valence-corrected chi connectivity index (χ0v) is 21.2. The molecule has 0 saturated carbocycles. The van der Waals surface area contributed by atoms with E-state index in [1.807, 2.05) is 45.0 Å². The summed E-state index contributed by atoms with van der Waals surface area (Å²) in [6, 6.07) is 7.46. The molecule has 1 spiro atoms. The lowest BCUT2D eigenvalue weighted by molar-refractivity contribution is -0.0223. The number of para-hydroxylation sites is 1. The van der Waals surface area contributed by atoms with Gasteiger partial charge in [0.2, 0.25) is 0 Å². The number of piperidine rings is 1. The number of rotatable bonds is 2. The Hall–Kier alpha value is -3.36. The number of nitrogens with one attached hydrogen (secondary N) is 2. The van der Waals surface area contributed by atoms with Crippen molar-refractivity contribution in [3.8, 4) is 5.75 Å². The monoisotopic (exact) mass is 494 g/mol. The Morgan fingerprint density at radius 2 is 1.89 bits per heavy atom. The maximum absolute atomic E-state index is 13.5. The highest BCUT2D eigenvalue weighted by atomic mass is 16.6. The van der Waals surface area contributed by atoms with Gasteiger partial charge in [0.15, 0.2) is 0 Å². The second kappa shape index (κ2) is 9.26. The fourth-order valence-electron chi connectivity index (χ4n) is 5.60. The number of benzene rings is 1. The first-order valence-corrected chi connectivity index (χ1v) is 12.8. The number of amides is 2. The number of alkyl carbamates (subject to hydrolysis) is 1. The van der Waals surface area contributed by atoms with Crippen LogP contribution in [0.15, 0.2) is 29.1 Å². The lowest BCUT2D eigenvalue weighted by Crippen LogP contribution is -2.54. The Morgan fingerprint density at radius 3 is 2.64 bits per heavy atom. The first kappa shape index (κ1) is 24.3. The molecule has 3 heterocycles. The van der Waals surface area contributed by atoms with Gasteiger partial charge in [-0.25, -0.2) is 9.89 Å². The first-order chi connectivity index (χ1) is 17.1. The maximum Gasteiger partial charge on any atom is 0.408 e. The third-order valence-electron chi connectivity index (χ3n) is 7.32. The number of aryl methyl sites for hydroxylation is 1. The number of aromatic nitrogens is 2. The first-order valence-electron chi connectivity index (χ1n) is 12.8. The highest BCUT2D eigenvalue weighted by Crippen LogP contribution is 2.44. The third-order valence-corrected chi connectivity index (χ3v) is 7.32. The van der Waals surface area contributed by atoms with Crippen molar-refractivity contribution < 1.29 is 19.1 Å². The van der Waals surface area contributed by atoms with Crippen LogP contribution >= 0.6 is 0 Å². The molecule has 1 saturated heterocycles. The molecule has 9 heteroatoms. The number of ether oxygens (including phenoxy) is 2. The highest BCUT2D eigenvalue weighted by molar-refractivity contribution is 5.95. The van der Waals surface area contributed by atoms with Gasteiger partial charge in [-0.3, -0.25) is 9.59 Å². The highest BCUT2D eigenvalue weighted by Gasteiger charge is 2.45. The molecule has 5 rings (SSSR count). The van der Waals surface area contributed by atoms with Gasteiger partial charge in [-0.05, 0) is 58.1 Å². The summed E-state index contributed by atoms with van der Waals surface area (Å²) in [5, 5.41) is 9.73. The zero-order valence-electron chi connectivity index (χ0n) is 21.2. The molecule has 2 aliphatic heterocycles.